The Bertz CT molecular complexity index is 468. The van der Waals surface area contributed by atoms with Crippen LogP contribution < -0.4 is 11.1 Å². The van der Waals surface area contributed by atoms with Crippen molar-refractivity contribution in [2.75, 3.05) is 6.54 Å². The van der Waals surface area contributed by atoms with Crippen molar-refractivity contribution in [3.05, 3.63) is 35.4 Å². The molecule has 114 valence electrons. The van der Waals surface area contributed by atoms with E-state index in [1.54, 1.807) is 6.92 Å². The van der Waals surface area contributed by atoms with E-state index in [0.717, 1.165) is 18.2 Å². The minimum Gasteiger partial charge on any atom is -0.346 e. The zero-order valence-electron chi connectivity index (χ0n) is 11.9. The summed E-state index contributed by atoms with van der Waals surface area (Å²) in [6.45, 7) is 6.03. The molecule has 1 aromatic carbocycles. The summed E-state index contributed by atoms with van der Waals surface area (Å²) in [4.78, 5) is 12.0. The summed E-state index contributed by atoms with van der Waals surface area (Å²) >= 11 is 0. The first-order valence-electron chi connectivity index (χ1n) is 6.25. The van der Waals surface area contributed by atoms with Crippen molar-refractivity contribution in [1.29, 1.82) is 0 Å². The third-order valence-corrected chi connectivity index (χ3v) is 2.90. The molecule has 6 heteroatoms. The van der Waals surface area contributed by atoms with Gasteiger partial charge < -0.3 is 11.1 Å². The number of nitrogens with one attached hydrogen (secondary N) is 1. The molecule has 0 aromatic heterocycles. The Balaban J connectivity index is 0.00000361. The lowest BCUT2D eigenvalue weighted by atomic mass is 9.90. The van der Waals surface area contributed by atoms with Crippen molar-refractivity contribution < 1.29 is 13.6 Å². The number of halogens is 3. The zero-order valence-corrected chi connectivity index (χ0v) is 12.7. The topological polar surface area (TPSA) is 55.1 Å². The molecule has 0 saturated heterocycles. The van der Waals surface area contributed by atoms with Gasteiger partial charge in [0, 0.05) is 12.1 Å². The number of benzene rings is 1. The number of rotatable bonds is 5. The maximum atomic E-state index is 13.5. The number of carbonyl (C=O) groups is 1. The summed E-state index contributed by atoms with van der Waals surface area (Å²) in [5.41, 5.74) is 4.73. The summed E-state index contributed by atoms with van der Waals surface area (Å²) in [6.07, 6.45) is 0.659. The van der Waals surface area contributed by atoms with Crippen LogP contribution >= 0.6 is 12.4 Å². The van der Waals surface area contributed by atoms with Crippen LogP contribution in [0.4, 0.5) is 8.78 Å². The molecule has 0 spiro atoms. The van der Waals surface area contributed by atoms with Crippen LogP contribution in [0.2, 0.25) is 0 Å². The van der Waals surface area contributed by atoms with Crippen molar-refractivity contribution in [3.63, 3.8) is 0 Å². The van der Waals surface area contributed by atoms with Crippen molar-refractivity contribution >= 4 is 18.3 Å². The largest absolute Gasteiger partial charge is 0.346 e. The summed E-state index contributed by atoms with van der Waals surface area (Å²) in [5.74, 6) is -1.72. The second kappa shape index (κ2) is 7.55. The summed E-state index contributed by atoms with van der Waals surface area (Å²) in [5, 5.41) is 2.69. The molecule has 0 aliphatic carbocycles. The van der Waals surface area contributed by atoms with Gasteiger partial charge in [-0.3, -0.25) is 4.79 Å². The molecule has 1 rings (SSSR count). The minimum atomic E-state index is -0.747. The highest BCUT2D eigenvalue weighted by atomic mass is 35.5. The van der Waals surface area contributed by atoms with Gasteiger partial charge in [-0.1, -0.05) is 13.8 Å². The van der Waals surface area contributed by atoms with Crippen LogP contribution in [0.5, 0.6) is 0 Å². The van der Waals surface area contributed by atoms with Crippen molar-refractivity contribution in [1.82, 2.24) is 5.32 Å². The van der Waals surface area contributed by atoms with Crippen LogP contribution in [-0.2, 0) is 0 Å². The first-order chi connectivity index (χ1) is 8.77. The normalized spacial score (nSPS) is 13.6. The maximum Gasteiger partial charge on any atom is 0.254 e. The average molecular weight is 307 g/mol. The molecular weight excluding hydrogens is 286 g/mol. The number of hydrogen-bond donors (Lipinski definition) is 2. The molecule has 0 radical (unpaired) electrons. The number of carbonyl (C=O) groups excluding carboxylic acids is 1. The highest BCUT2D eigenvalue weighted by molar-refractivity contribution is 5.95. The average Bonchev–Trinajstić information content (AvgIpc) is 2.31. The number of hydrogen-bond acceptors (Lipinski definition) is 2. The maximum absolute atomic E-state index is 13.5. The quantitative estimate of drug-likeness (QED) is 0.879. The summed E-state index contributed by atoms with van der Waals surface area (Å²) in [6, 6.07) is 2.80. The van der Waals surface area contributed by atoms with Gasteiger partial charge in [0.1, 0.15) is 11.6 Å². The highest BCUT2D eigenvalue weighted by Gasteiger charge is 2.27. The van der Waals surface area contributed by atoms with Crippen LogP contribution in [0.15, 0.2) is 18.2 Å². The fraction of sp³-hybridized carbons (Fsp3) is 0.500. The molecule has 3 N–H and O–H groups in total. The predicted octanol–water partition coefficient (Wildman–Crippen LogP) is 2.88. The second-order valence-electron chi connectivity index (χ2n) is 5.44. The molecular formula is C14H21ClF2N2O. The monoisotopic (exact) mass is 306 g/mol. The van der Waals surface area contributed by atoms with E-state index >= 15 is 0 Å². The molecule has 0 aliphatic heterocycles. The molecule has 0 saturated carbocycles. The number of nitrogens with two attached hydrogens (primary N) is 1. The Morgan fingerprint density at radius 3 is 2.50 bits per heavy atom. The van der Waals surface area contributed by atoms with Gasteiger partial charge in [-0.05, 0) is 37.5 Å². The van der Waals surface area contributed by atoms with Gasteiger partial charge >= 0.3 is 0 Å². The zero-order chi connectivity index (χ0) is 14.6. The standard InChI is InChI=1S/C14H20F2N2O.ClH/c1-9(2)7-14(3,8-17)18-13(19)11-6-10(15)4-5-12(11)16;/h4-6,9H,7-8,17H2,1-3H3,(H,18,19);1H. The molecule has 1 aromatic rings. The van der Waals surface area contributed by atoms with E-state index in [-0.39, 0.29) is 24.5 Å². The van der Waals surface area contributed by atoms with Crippen LogP contribution in [0, 0.1) is 17.6 Å². The number of amides is 1. The highest BCUT2D eigenvalue weighted by Crippen LogP contribution is 2.17. The Morgan fingerprint density at radius 2 is 2.00 bits per heavy atom. The van der Waals surface area contributed by atoms with Crippen LogP contribution in [-0.4, -0.2) is 18.0 Å². The third-order valence-electron chi connectivity index (χ3n) is 2.90. The minimum absolute atomic E-state index is 0. The van der Waals surface area contributed by atoms with Gasteiger partial charge in [0.05, 0.1) is 5.56 Å². The molecule has 1 amide bonds. The lowest BCUT2D eigenvalue weighted by Gasteiger charge is -2.31. The Kier molecular flexibility index (Phi) is 7.09. The van der Waals surface area contributed by atoms with E-state index in [1.807, 2.05) is 13.8 Å². The smallest absolute Gasteiger partial charge is 0.254 e. The van der Waals surface area contributed by atoms with E-state index < -0.39 is 23.1 Å². The van der Waals surface area contributed by atoms with E-state index in [4.69, 9.17) is 5.73 Å². The van der Waals surface area contributed by atoms with Gasteiger partial charge in [0.25, 0.3) is 5.91 Å². The Morgan fingerprint density at radius 1 is 1.40 bits per heavy atom. The molecule has 1 unspecified atom stereocenters. The van der Waals surface area contributed by atoms with Crippen molar-refractivity contribution in [2.24, 2.45) is 11.7 Å². The van der Waals surface area contributed by atoms with Gasteiger partial charge in [-0.2, -0.15) is 0 Å². The molecule has 0 bridgehead atoms. The molecule has 1 atom stereocenters. The second-order valence-corrected chi connectivity index (χ2v) is 5.44. The lowest BCUT2D eigenvalue weighted by Crippen LogP contribution is -2.52. The molecule has 3 nitrogen and oxygen atoms in total. The van der Waals surface area contributed by atoms with Crippen LogP contribution in [0.3, 0.4) is 0 Å². The van der Waals surface area contributed by atoms with Gasteiger partial charge in [-0.15, -0.1) is 12.4 Å². The molecule has 0 heterocycles. The Labute approximate surface area is 124 Å². The van der Waals surface area contributed by atoms with Gasteiger partial charge in [0.15, 0.2) is 0 Å². The Hall–Kier alpha value is -1.20. The van der Waals surface area contributed by atoms with E-state index in [0.29, 0.717) is 12.3 Å². The SMILES string of the molecule is CC(C)CC(C)(CN)NC(=O)c1cc(F)ccc1F.Cl. The summed E-state index contributed by atoms with van der Waals surface area (Å²) < 4.78 is 26.6. The molecule has 0 fully saturated rings. The fourth-order valence-corrected chi connectivity index (χ4v) is 2.10. The van der Waals surface area contributed by atoms with Crippen LogP contribution in [0.1, 0.15) is 37.6 Å². The first kappa shape index (κ1) is 18.8. The lowest BCUT2D eigenvalue weighted by molar-refractivity contribution is 0.0893. The molecule has 20 heavy (non-hydrogen) atoms. The van der Waals surface area contributed by atoms with E-state index in [9.17, 15) is 13.6 Å². The first-order valence-corrected chi connectivity index (χ1v) is 6.25. The van der Waals surface area contributed by atoms with Crippen molar-refractivity contribution in [2.45, 2.75) is 32.7 Å². The fourth-order valence-electron chi connectivity index (χ4n) is 2.10. The van der Waals surface area contributed by atoms with E-state index in [1.165, 1.54) is 0 Å². The van der Waals surface area contributed by atoms with Crippen LogP contribution in [0.25, 0.3) is 0 Å². The third kappa shape index (κ3) is 5.06. The summed E-state index contributed by atoms with van der Waals surface area (Å²) in [7, 11) is 0. The van der Waals surface area contributed by atoms with Gasteiger partial charge in [0.2, 0.25) is 0 Å². The molecule has 0 aliphatic rings. The van der Waals surface area contributed by atoms with Gasteiger partial charge in [-0.25, -0.2) is 8.78 Å². The van der Waals surface area contributed by atoms with E-state index in [2.05, 4.69) is 5.32 Å². The predicted molar refractivity (Wildman–Crippen MR) is 78.0 cm³/mol. The van der Waals surface area contributed by atoms with Crippen molar-refractivity contribution in [3.8, 4) is 0 Å².